The summed E-state index contributed by atoms with van der Waals surface area (Å²) >= 11 is 0. The molecule has 1 aromatic rings. The highest BCUT2D eigenvalue weighted by molar-refractivity contribution is 5.44. The van der Waals surface area contributed by atoms with Gasteiger partial charge in [0.15, 0.2) is 0 Å². The van der Waals surface area contributed by atoms with Gasteiger partial charge in [-0.3, -0.25) is 0 Å². The zero-order chi connectivity index (χ0) is 13.7. The zero-order valence-corrected chi connectivity index (χ0v) is 12.0. The van der Waals surface area contributed by atoms with Crippen molar-refractivity contribution in [2.24, 2.45) is 17.8 Å². The number of anilines is 1. The molecule has 1 aromatic heterocycles. The van der Waals surface area contributed by atoms with E-state index in [1.807, 2.05) is 12.1 Å². The van der Waals surface area contributed by atoms with Crippen molar-refractivity contribution in [3.05, 3.63) is 23.9 Å². The van der Waals surface area contributed by atoms with E-state index in [1.165, 1.54) is 38.5 Å². The van der Waals surface area contributed by atoms with Gasteiger partial charge >= 0.3 is 0 Å². The molecule has 4 saturated carbocycles. The molecule has 0 aliphatic heterocycles. The summed E-state index contributed by atoms with van der Waals surface area (Å²) < 4.78 is 0. The lowest BCUT2D eigenvalue weighted by Crippen LogP contribution is -2.59. The fourth-order valence-electron chi connectivity index (χ4n) is 5.37. The maximum atomic E-state index is 8.89. The Morgan fingerprint density at radius 1 is 1.15 bits per heavy atom. The van der Waals surface area contributed by atoms with Gasteiger partial charge in [-0.1, -0.05) is 0 Å². The molecular weight excluding hydrogens is 246 g/mol. The summed E-state index contributed by atoms with van der Waals surface area (Å²) in [6.07, 6.45) is 10.1. The van der Waals surface area contributed by atoms with Gasteiger partial charge in [0.2, 0.25) is 0 Å². The van der Waals surface area contributed by atoms with Crippen LogP contribution in [0.25, 0.3) is 0 Å². The molecule has 0 spiro atoms. The number of pyridine rings is 1. The highest BCUT2D eigenvalue weighted by atomic mass is 15.2. The van der Waals surface area contributed by atoms with Gasteiger partial charge < -0.3 is 4.90 Å². The second-order valence-electron chi connectivity index (χ2n) is 7.22. The monoisotopic (exact) mass is 267 g/mol. The van der Waals surface area contributed by atoms with Crippen LogP contribution in [0.1, 0.15) is 44.1 Å². The van der Waals surface area contributed by atoms with Gasteiger partial charge in [-0.25, -0.2) is 4.98 Å². The standard InChI is InChI=1S/C17H21N3/c1-20(16-3-2-12(10-18)11-19-16)17-7-13-4-14(8-17)6-15(5-13)9-17/h2-3,11,13-15H,4-9H2,1H3. The van der Waals surface area contributed by atoms with Crippen LogP contribution in [0.5, 0.6) is 0 Å². The molecule has 4 fully saturated rings. The molecule has 0 amide bonds. The Morgan fingerprint density at radius 3 is 2.20 bits per heavy atom. The second-order valence-corrected chi connectivity index (χ2v) is 7.22. The van der Waals surface area contributed by atoms with E-state index in [-0.39, 0.29) is 0 Å². The van der Waals surface area contributed by atoms with E-state index in [1.54, 1.807) is 6.20 Å². The van der Waals surface area contributed by atoms with E-state index in [0.29, 0.717) is 11.1 Å². The van der Waals surface area contributed by atoms with E-state index in [9.17, 15) is 0 Å². The van der Waals surface area contributed by atoms with Crippen LogP contribution in [-0.4, -0.2) is 17.6 Å². The lowest BCUT2D eigenvalue weighted by molar-refractivity contribution is -0.00229. The van der Waals surface area contributed by atoms with Crippen molar-refractivity contribution in [2.75, 3.05) is 11.9 Å². The van der Waals surface area contributed by atoms with Gasteiger partial charge in [0.1, 0.15) is 11.9 Å². The maximum absolute atomic E-state index is 8.89. The Morgan fingerprint density at radius 2 is 1.75 bits per heavy atom. The minimum absolute atomic E-state index is 0.343. The third-order valence-electron chi connectivity index (χ3n) is 5.94. The predicted molar refractivity (Wildman–Crippen MR) is 78.3 cm³/mol. The van der Waals surface area contributed by atoms with E-state index in [2.05, 4.69) is 23.0 Å². The van der Waals surface area contributed by atoms with Crippen molar-refractivity contribution >= 4 is 5.82 Å². The molecule has 104 valence electrons. The Bertz CT molecular complexity index is 519. The summed E-state index contributed by atoms with van der Waals surface area (Å²) in [4.78, 5) is 6.94. The Hall–Kier alpha value is -1.56. The smallest absolute Gasteiger partial charge is 0.128 e. The van der Waals surface area contributed by atoms with Gasteiger partial charge in [0.25, 0.3) is 0 Å². The van der Waals surface area contributed by atoms with Crippen molar-refractivity contribution in [1.82, 2.24) is 4.98 Å². The molecule has 0 N–H and O–H groups in total. The first-order valence-corrected chi connectivity index (χ1v) is 7.78. The quantitative estimate of drug-likeness (QED) is 0.825. The van der Waals surface area contributed by atoms with Crippen molar-refractivity contribution in [2.45, 2.75) is 44.1 Å². The van der Waals surface area contributed by atoms with Crippen molar-refractivity contribution in [3.63, 3.8) is 0 Å². The topological polar surface area (TPSA) is 39.9 Å². The van der Waals surface area contributed by atoms with Gasteiger partial charge in [-0.15, -0.1) is 0 Å². The molecule has 0 unspecified atom stereocenters. The van der Waals surface area contributed by atoms with Crippen molar-refractivity contribution < 1.29 is 0 Å². The summed E-state index contributed by atoms with van der Waals surface area (Å²) in [5, 5.41) is 8.89. The molecular formula is C17H21N3. The SMILES string of the molecule is CN(c1ccc(C#N)cn1)C12CC3CC(CC(C3)C1)C2. The first kappa shape index (κ1) is 12.2. The third-order valence-corrected chi connectivity index (χ3v) is 5.94. The van der Waals surface area contributed by atoms with Gasteiger partial charge in [-0.2, -0.15) is 5.26 Å². The van der Waals surface area contributed by atoms with E-state index < -0.39 is 0 Å². The van der Waals surface area contributed by atoms with Crippen LogP contribution in [-0.2, 0) is 0 Å². The molecule has 3 heteroatoms. The molecule has 20 heavy (non-hydrogen) atoms. The third kappa shape index (κ3) is 1.74. The highest BCUT2D eigenvalue weighted by Gasteiger charge is 2.53. The average Bonchev–Trinajstić information content (AvgIpc) is 2.45. The highest BCUT2D eigenvalue weighted by Crippen LogP contribution is 2.57. The fourth-order valence-corrected chi connectivity index (χ4v) is 5.37. The molecule has 1 heterocycles. The second kappa shape index (κ2) is 4.22. The molecule has 4 bridgehead atoms. The maximum Gasteiger partial charge on any atom is 0.128 e. The minimum Gasteiger partial charge on any atom is -0.354 e. The van der Waals surface area contributed by atoms with Crippen molar-refractivity contribution in [3.8, 4) is 6.07 Å². The molecule has 0 radical (unpaired) electrons. The number of nitriles is 1. The summed E-state index contributed by atoms with van der Waals surface area (Å²) in [5.74, 6) is 3.87. The Labute approximate surface area is 120 Å². The summed E-state index contributed by atoms with van der Waals surface area (Å²) in [6, 6.07) is 6.05. The minimum atomic E-state index is 0.343. The summed E-state index contributed by atoms with van der Waals surface area (Å²) in [6.45, 7) is 0. The van der Waals surface area contributed by atoms with E-state index >= 15 is 0 Å². The largest absolute Gasteiger partial charge is 0.354 e. The first-order valence-electron chi connectivity index (χ1n) is 7.78. The number of hydrogen-bond acceptors (Lipinski definition) is 3. The Kier molecular flexibility index (Phi) is 2.57. The van der Waals surface area contributed by atoms with Crippen molar-refractivity contribution in [1.29, 1.82) is 5.26 Å². The van der Waals surface area contributed by atoms with Gasteiger partial charge in [-0.05, 0) is 68.4 Å². The van der Waals surface area contributed by atoms with Gasteiger partial charge in [0, 0.05) is 18.8 Å². The lowest BCUT2D eigenvalue weighted by Gasteiger charge is -2.60. The molecule has 0 saturated heterocycles. The van der Waals surface area contributed by atoms with Crippen LogP contribution in [0.3, 0.4) is 0 Å². The molecule has 3 nitrogen and oxygen atoms in total. The fraction of sp³-hybridized carbons (Fsp3) is 0.647. The molecule has 4 aliphatic carbocycles. The van der Waals surface area contributed by atoms with Crippen LogP contribution in [0.15, 0.2) is 18.3 Å². The normalized spacial score (nSPS) is 37.7. The number of rotatable bonds is 2. The lowest BCUT2D eigenvalue weighted by atomic mass is 9.52. The molecule has 0 atom stereocenters. The molecule has 4 aliphatic rings. The van der Waals surface area contributed by atoms with Crippen LogP contribution in [0, 0.1) is 29.1 Å². The van der Waals surface area contributed by atoms with E-state index in [4.69, 9.17) is 5.26 Å². The van der Waals surface area contributed by atoms with Crippen LogP contribution in [0.2, 0.25) is 0 Å². The Balaban J connectivity index is 1.64. The number of hydrogen-bond donors (Lipinski definition) is 0. The number of nitrogens with zero attached hydrogens (tertiary/aromatic N) is 3. The van der Waals surface area contributed by atoms with Crippen LogP contribution >= 0.6 is 0 Å². The summed E-state index contributed by atoms with van der Waals surface area (Å²) in [7, 11) is 2.21. The zero-order valence-electron chi connectivity index (χ0n) is 12.0. The van der Waals surface area contributed by atoms with Gasteiger partial charge in [0.05, 0.1) is 5.56 Å². The van der Waals surface area contributed by atoms with Crippen LogP contribution in [0.4, 0.5) is 5.82 Å². The number of aromatic nitrogens is 1. The summed E-state index contributed by atoms with van der Waals surface area (Å²) in [5.41, 5.74) is 0.989. The molecule has 0 aromatic carbocycles. The molecule has 5 rings (SSSR count). The predicted octanol–water partition coefficient (Wildman–Crippen LogP) is 3.36. The first-order chi connectivity index (χ1) is 9.68. The van der Waals surface area contributed by atoms with Crippen LogP contribution < -0.4 is 4.90 Å². The van der Waals surface area contributed by atoms with E-state index in [0.717, 1.165) is 23.6 Å². The average molecular weight is 267 g/mol.